The maximum absolute atomic E-state index is 5.70. The van der Waals surface area contributed by atoms with Crippen LogP contribution < -0.4 is 5.32 Å². The van der Waals surface area contributed by atoms with Gasteiger partial charge in [-0.15, -0.1) is 0 Å². The summed E-state index contributed by atoms with van der Waals surface area (Å²) in [6.07, 6.45) is 6.49. The highest BCUT2D eigenvalue weighted by molar-refractivity contribution is 5.23. The molecule has 0 amide bonds. The van der Waals surface area contributed by atoms with Crippen LogP contribution in [0.1, 0.15) is 42.8 Å². The van der Waals surface area contributed by atoms with E-state index in [-0.39, 0.29) is 5.60 Å². The largest absolute Gasteiger partial charge is 0.370 e. The van der Waals surface area contributed by atoms with E-state index < -0.39 is 0 Å². The lowest BCUT2D eigenvalue weighted by molar-refractivity contribution is -0.0164. The number of hydrogen-bond acceptors (Lipinski definition) is 4. The van der Waals surface area contributed by atoms with Crippen molar-refractivity contribution < 1.29 is 4.74 Å². The molecule has 3 rings (SSSR count). The lowest BCUT2D eigenvalue weighted by Gasteiger charge is -2.25. The number of hydrogen-bond donors (Lipinski definition) is 1. The predicted octanol–water partition coefficient (Wildman–Crippen LogP) is 1.50. The molecule has 0 saturated heterocycles. The fourth-order valence-corrected chi connectivity index (χ4v) is 2.74. The molecule has 4 heteroatoms. The van der Waals surface area contributed by atoms with Crippen molar-refractivity contribution in [3.8, 4) is 0 Å². The van der Waals surface area contributed by atoms with Gasteiger partial charge in [0.1, 0.15) is 5.60 Å². The molecule has 0 radical (unpaired) electrons. The third kappa shape index (κ3) is 1.44. The number of ether oxygens (including phenoxy) is 1. The van der Waals surface area contributed by atoms with Gasteiger partial charge in [-0.1, -0.05) is 0 Å². The van der Waals surface area contributed by atoms with Crippen LogP contribution in [-0.4, -0.2) is 17.1 Å². The summed E-state index contributed by atoms with van der Waals surface area (Å²) in [6.45, 7) is 1.76. The second-order valence-corrected chi connectivity index (χ2v) is 4.67. The maximum atomic E-state index is 5.70. The van der Waals surface area contributed by atoms with Gasteiger partial charge < -0.3 is 10.1 Å². The van der Waals surface area contributed by atoms with Crippen LogP contribution in [0.2, 0.25) is 0 Å². The fourth-order valence-electron chi connectivity index (χ4n) is 2.74. The summed E-state index contributed by atoms with van der Waals surface area (Å²) < 4.78 is 5.70. The van der Waals surface area contributed by atoms with Gasteiger partial charge in [0.25, 0.3) is 0 Å². The van der Waals surface area contributed by atoms with Crippen LogP contribution in [0.3, 0.4) is 0 Å². The number of nitrogens with one attached hydrogen (secondary N) is 1. The minimum absolute atomic E-state index is 0.211. The summed E-state index contributed by atoms with van der Waals surface area (Å²) in [5.41, 5.74) is 2.17. The first-order valence-corrected chi connectivity index (χ1v) is 5.95. The Morgan fingerprint density at radius 3 is 2.88 bits per heavy atom. The molecule has 16 heavy (non-hydrogen) atoms. The first-order chi connectivity index (χ1) is 7.84. The summed E-state index contributed by atoms with van der Waals surface area (Å²) in [7, 11) is 1.78. The second-order valence-electron chi connectivity index (χ2n) is 4.67. The molecule has 1 aliphatic heterocycles. The standard InChI is InChI=1S/C12H17N3O/c1-16-12(4-2-3-5-12)11-14-7-9-6-13-8-10(9)15-11/h7,13H,2-6,8H2,1H3. The molecule has 4 nitrogen and oxygen atoms in total. The quantitative estimate of drug-likeness (QED) is 0.818. The third-order valence-corrected chi connectivity index (χ3v) is 3.77. The maximum Gasteiger partial charge on any atom is 0.160 e. The Morgan fingerprint density at radius 1 is 1.31 bits per heavy atom. The highest BCUT2D eigenvalue weighted by Crippen LogP contribution is 2.40. The zero-order valence-electron chi connectivity index (χ0n) is 9.62. The van der Waals surface area contributed by atoms with Crippen molar-refractivity contribution >= 4 is 0 Å². The first-order valence-electron chi connectivity index (χ1n) is 5.95. The first kappa shape index (κ1) is 10.2. The van der Waals surface area contributed by atoms with E-state index in [0.717, 1.165) is 37.4 Å². The lowest BCUT2D eigenvalue weighted by Crippen LogP contribution is -2.27. The van der Waals surface area contributed by atoms with Crippen LogP contribution in [0, 0.1) is 0 Å². The van der Waals surface area contributed by atoms with Crippen LogP contribution in [0.5, 0.6) is 0 Å². The molecule has 1 fully saturated rings. The van der Waals surface area contributed by atoms with Crippen LogP contribution in [-0.2, 0) is 23.4 Å². The average Bonchev–Trinajstić information content (AvgIpc) is 2.97. The molecule has 0 atom stereocenters. The summed E-state index contributed by atoms with van der Waals surface area (Å²) in [4.78, 5) is 9.18. The van der Waals surface area contributed by atoms with Gasteiger partial charge in [-0.05, 0) is 25.7 Å². The number of methoxy groups -OCH3 is 1. The van der Waals surface area contributed by atoms with Crippen molar-refractivity contribution in [1.82, 2.24) is 15.3 Å². The summed E-state index contributed by atoms with van der Waals surface area (Å²) in [6, 6.07) is 0. The number of nitrogens with zero attached hydrogens (tertiary/aromatic N) is 2. The Hall–Kier alpha value is -1.00. The van der Waals surface area contributed by atoms with Crippen molar-refractivity contribution in [2.75, 3.05) is 7.11 Å². The highest BCUT2D eigenvalue weighted by Gasteiger charge is 2.38. The van der Waals surface area contributed by atoms with Gasteiger partial charge in [-0.3, -0.25) is 0 Å². The summed E-state index contributed by atoms with van der Waals surface area (Å²) >= 11 is 0. The minimum Gasteiger partial charge on any atom is -0.370 e. The third-order valence-electron chi connectivity index (χ3n) is 3.77. The monoisotopic (exact) mass is 219 g/mol. The van der Waals surface area contributed by atoms with E-state index in [2.05, 4.69) is 15.3 Å². The van der Waals surface area contributed by atoms with Crippen molar-refractivity contribution in [2.24, 2.45) is 0 Å². The predicted molar refractivity (Wildman–Crippen MR) is 59.7 cm³/mol. The summed E-state index contributed by atoms with van der Waals surface area (Å²) in [5, 5.41) is 3.29. The number of fused-ring (bicyclic) bond motifs is 1. The second kappa shape index (κ2) is 3.79. The normalized spacial score (nSPS) is 22.3. The Bertz CT molecular complexity index is 399. The topological polar surface area (TPSA) is 47.0 Å². The zero-order valence-corrected chi connectivity index (χ0v) is 9.62. The SMILES string of the molecule is COC1(c2ncc3c(n2)CNC3)CCCC1. The molecule has 1 saturated carbocycles. The smallest absolute Gasteiger partial charge is 0.160 e. The van der Waals surface area contributed by atoms with E-state index in [1.165, 1.54) is 18.4 Å². The molecule has 0 bridgehead atoms. The van der Waals surface area contributed by atoms with Crippen LogP contribution in [0.4, 0.5) is 0 Å². The molecule has 0 unspecified atom stereocenters. The van der Waals surface area contributed by atoms with Crippen molar-refractivity contribution in [3.05, 3.63) is 23.3 Å². The molecule has 1 aromatic heterocycles. The molecule has 1 N–H and O–H groups in total. The minimum atomic E-state index is -0.211. The Morgan fingerprint density at radius 2 is 2.12 bits per heavy atom. The van der Waals surface area contributed by atoms with Crippen molar-refractivity contribution in [3.63, 3.8) is 0 Å². The van der Waals surface area contributed by atoms with Gasteiger partial charge in [-0.25, -0.2) is 9.97 Å². The number of rotatable bonds is 2. The molecule has 1 aromatic rings. The van der Waals surface area contributed by atoms with Gasteiger partial charge in [-0.2, -0.15) is 0 Å². The Balaban J connectivity index is 1.99. The van der Waals surface area contributed by atoms with Crippen LogP contribution >= 0.6 is 0 Å². The van der Waals surface area contributed by atoms with Crippen LogP contribution in [0.15, 0.2) is 6.20 Å². The molecule has 0 aromatic carbocycles. The van der Waals surface area contributed by atoms with Gasteiger partial charge >= 0.3 is 0 Å². The highest BCUT2D eigenvalue weighted by atomic mass is 16.5. The van der Waals surface area contributed by atoms with E-state index in [4.69, 9.17) is 4.74 Å². The van der Waals surface area contributed by atoms with Gasteiger partial charge in [0.05, 0.1) is 5.69 Å². The lowest BCUT2D eigenvalue weighted by atomic mass is 10.0. The fraction of sp³-hybridized carbons (Fsp3) is 0.667. The molecule has 86 valence electrons. The van der Waals surface area contributed by atoms with E-state index in [9.17, 15) is 0 Å². The van der Waals surface area contributed by atoms with Gasteiger partial charge in [0.15, 0.2) is 5.82 Å². The summed E-state index contributed by atoms with van der Waals surface area (Å²) in [5.74, 6) is 0.884. The molecule has 2 aliphatic rings. The van der Waals surface area contributed by atoms with Gasteiger partial charge in [0, 0.05) is 32.0 Å². The average molecular weight is 219 g/mol. The molecule has 0 spiro atoms. The Labute approximate surface area is 95.4 Å². The van der Waals surface area contributed by atoms with Gasteiger partial charge in [0.2, 0.25) is 0 Å². The molecule has 1 aliphatic carbocycles. The van der Waals surface area contributed by atoms with E-state index >= 15 is 0 Å². The van der Waals surface area contributed by atoms with E-state index in [1.54, 1.807) is 7.11 Å². The Kier molecular flexibility index (Phi) is 2.41. The zero-order chi connectivity index (χ0) is 11.0. The van der Waals surface area contributed by atoms with E-state index in [0.29, 0.717) is 0 Å². The van der Waals surface area contributed by atoms with Crippen molar-refractivity contribution in [2.45, 2.75) is 44.4 Å². The van der Waals surface area contributed by atoms with Crippen molar-refractivity contribution in [1.29, 1.82) is 0 Å². The van der Waals surface area contributed by atoms with Crippen LogP contribution in [0.25, 0.3) is 0 Å². The van der Waals surface area contributed by atoms with E-state index in [1.807, 2.05) is 6.20 Å². The molecular weight excluding hydrogens is 202 g/mol. The molecular formula is C12H17N3O. The number of aromatic nitrogens is 2. The molecule has 2 heterocycles.